The minimum atomic E-state index is -0.602. The third-order valence-corrected chi connectivity index (χ3v) is 6.34. The first kappa shape index (κ1) is 15.1. The molecule has 22 heavy (non-hydrogen) atoms. The number of guanidine groups is 1. The van der Waals surface area contributed by atoms with Gasteiger partial charge in [0, 0.05) is 16.8 Å². The summed E-state index contributed by atoms with van der Waals surface area (Å²) in [5.41, 5.74) is 6.35. The van der Waals surface area contributed by atoms with Gasteiger partial charge < -0.3 is 5.73 Å². The van der Waals surface area contributed by atoms with Crippen LogP contribution in [0.2, 0.25) is 0 Å². The molecule has 0 fully saturated rings. The first-order valence-corrected chi connectivity index (χ1v) is 8.66. The minimum Gasteiger partial charge on any atom is -0.369 e. The first-order chi connectivity index (χ1) is 10.4. The largest absolute Gasteiger partial charge is 0.369 e. The molecule has 0 spiro atoms. The molecule has 1 aromatic heterocycles. The van der Waals surface area contributed by atoms with Crippen LogP contribution < -0.4 is 5.73 Å². The van der Waals surface area contributed by atoms with Gasteiger partial charge in [0.25, 0.3) is 0 Å². The smallest absolute Gasteiger partial charge is 0.231 e. The Morgan fingerprint density at radius 2 is 2.36 bits per heavy atom. The van der Waals surface area contributed by atoms with Gasteiger partial charge in [0.1, 0.15) is 5.54 Å². The first-order valence-electron chi connectivity index (χ1n) is 6.90. The highest BCUT2D eigenvalue weighted by Crippen LogP contribution is 2.43. The van der Waals surface area contributed by atoms with Gasteiger partial charge in [-0.25, -0.2) is 4.99 Å². The maximum atomic E-state index is 12.1. The molecule has 0 saturated carbocycles. The summed E-state index contributed by atoms with van der Waals surface area (Å²) < 4.78 is 0. The van der Waals surface area contributed by atoms with Crippen LogP contribution in [-0.4, -0.2) is 29.1 Å². The molecule has 0 saturated heterocycles. The van der Waals surface area contributed by atoms with Crippen molar-refractivity contribution >= 4 is 39.9 Å². The summed E-state index contributed by atoms with van der Waals surface area (Å²) >= 11 is 3.18. The minimum absolute atomic E-state index is 0.00695. The highest BCUT2D eigenvalue weighted by molar-refractivity contribution is 8.09. The number of thioether (sulfide) groups is 1. The molecule has 114 valence electrons. The lowest BCUT2D eigenvalue weighted by Crippen LogP contribution is -2.47. The standard InChI is InChI=1S/C15H16N4OS2/c1-15(6-13(20)19(2)14(17)18-15)12-5-9(8-21-12)11-4-3-10(7-16)22-11/h4-5,8,10H,3,6H2,1-2H3,(H2,17,18)/t10?,15-/m1/s1. The molecule has 0 aliphatic carbocycles. The number of rotatable bonds is 2. The monoisotopic (exact) mass is 332 g/mol. The van der Waals surface area contributed by atoms with Crippen LogP contribution in [0.5, 0.6) is 0 Å². The molecule has 1 aromatic rings. The van der Waals surface area contributed by atoms with E-state index < -0.39 is 5.54 Å². The van der Waals surface area contributed by atoms with Crippen LogP contribution in [0.4, 0.5) is 0 Å². The van der Waals surface area contributed by atoms with Gasteiger partial charge in [-0.15, -0.1) is 23.1 Å². The fourth-order valence-electron chi connectivity index (χ4n) is 2.53. The molecule has 3 rings (SSSR count). The number of nitrogens with zero attached hydrogens (tertiary/aromatic N) is 3. The molecule has 2 N–H and O–H groups in total. The Kier molecular flexibility index (Phi) is 3.75. The second-order valence-corrected chi connectivity index (χ2v) is 7.77. The van der Waals surface area contributed by atoms with E-state index in [0.29, 0.717) is 6.42 Å². The summed E-state index contributed by atoms with van der Waals surface area (Å²) in [6.45, 7) is 1.94. The Morgan fingerprint density at radius 1 is 1.59 bits per heavy atom. The maximum absolute atomic E-state index is 12.1. The third kappa shape index (κ3) is 2.53. The molecule has 0 radical (unpaired) electrons. The van der Waals surface area contributed by atoms with Crippen molar-refractivity contribution in [1.29, 1.82) is 5.26 Å². The number of aliphatic imine (C=N–C) groups is 1. The summed E-state index contributed by atoms with van der Waals surface area (Å²) in [4.78, 5) is 20.1. The van der Waals surface area contributed by atoms with Crippen LogP contribution in [0.1, 0.15) is 30.2 Å². The molecular formula is C15H16N4OS2. The van der Waals surface area contributed by atoms with E-state index in [1.807, 2.05) is 6.92 Å². The van der Waals surface area contributed by atoms with Crippen LogP contribution in [0.3, 0.4) is 0 Å². The maximum Gasteiger partial charge on any atom is 0.231 e. The van der Waals surface area contributed by atoms with Gasteiger partial charge in [-0.3, -0.25) is 9.69 Å². The number of amides is 1. The molecule has 0 bridgehead atoms. The number of nitrogens with two attached hydrogens (primary N) is 1. The lowest BCUT2D eigenvalue weighted by Gasteiger charge is -2.32. The van der Waals surface area contributed by atoms with Crippen molar-refractivity contribution in [2.45, 2.75) is 30.6 Å². The van der Waals surface area contributed by atoms with E-state index in [2.05, 4.69) is 28.6 Å². The number of allylic oxidation sites excluding steroid dienone is 1. The van der Waals surface area contributed by atoms with Crippen molar-refractivity contribution in [3.63, 3.8) is 0 Å². The zero-order valence-corrected chi connectivity index (χ0v) is 14.0. The van der Waals surface area contributed by atoms with Gasteiger partial charge in [-0.1, -0.05) is 6.08 Å². The Labute approximate surface area is 137 Å². The highest BCUT2D eigenvalue weighted by Gasteiger charge is 2.37. The predicted molar refractivity (Wildman–Crippen MR) is 90.3 cm³/mol. The fourth-order valence-corrected chi connectivity index (χ4v) is 4.62. The quantitative estimate of drug-likeness (QED) is 0.902. The lowest BCUT2D eigenvalue weighted by molar-refractivity contribution is -0.128. The molecule has 5 nitrogen and oxygen atoms in total. The Hall–Kier alpha value is -1.78. The molecule has 2 atom stereocenters. The van der Waals surface area contributed by atoms with Gasteiger partial charge >= 0.3 is 0 Å². The van der Waals surface area contributed by atoms with Crippen LogP contribution in [0.25, 0.3) is 4.91 Å². The van der Waals surface area contributed by atoms with E-state index in [-0.39, 0.29) is 17.1 Å². The SMILES string of the molecule is CN1C(=O)C[C@](C)(c2cc(C3=CCC(C#N)S3)cs2)N=C1N. The van der Waals surface area contributed by atoms with Gasteiger partial charge in [-0.05, 0) is 30.4 Å². The normalized spacial score (nSPS) is 28.3. The topological polar surface area (TPSA) is 82.5 Å². The van der Waals surface area contributed by atoms with Crippen LogP contribution >= 0.6 is 23.1 Å². The summed E-state index contributed by atoms with van der Waals surface area (Å²) in [5, 5.41) is 11.1. The Bertz CT molecular complexity index is 730. The second-order valence-electron chi connectivity index (χ2n) is 5.61. The second kappa shape index (κ2) is 5.45. The number of thiophene rings is 1. The number of carbonyl (C=O) groups is 1. The molecule has 0 aromatic carbocycles. The molecular weight excluding hydrogens is 316 g/mol. The van der Waals surface area contributed by atoms with Crippen molar-refractivity contribution in [2.24, 2.45) is 10.7 Å². The van der Waals surface area contributed by atoms with Crippen LogP contribution in [0, 0.1) is 11.3 Å². The summed E-state index contributed by atoms with van der Waals surface area (Å²) in [6, 6.07) is 4.35. The van der Waals surface area contributed by atoms with Gasteiger partial charge in [0.15, 0.2) is 5.96 Å². The third-order valence-electron chi connectivity index (χ3n) is 3.92. The zero-order valence-electron chi connectivity index (χ0n) is 12.4. The van der Waals surface area contributed by atoms with E-state index in [1.165, 1.54) is 4.90 Å². The molecule has 1 amide bonds. The number of hydrogen-bond acceptors (Lipinski definition) is 6. The van der Waals surface area contributed by atoms with E-state index in [1.54, 1.807) is 30.1 Å². The zero-order chi connectivity index (χ0) is 15.9. The van der Waals surface area contributed by atoms with Crippen LogP contribution in [-0.2, 0) is 10.3 Å². The average molecular weight is 332 g/mol. The van der Waals surface area contributed by atoms with E-state index in [4.69, 9.17) is 11.0 Å². The van der Waals surface area contributed by atoms with E-state index in [9.17, 15) is 4.79 Å². The van der Waals surface area contributed by atoms with E-state index in [0.717, 1.165) is 21.8 Å². The van der Waals surface area contributed by atoms with Gasteiger partial charge in [-0.2, -0.15) is 5.26 Å². The van der Waals surface area contributed by atoms with Crippen molar-refractivity contribution in [2.75, 3.05) is 7.05 Å². The lowest BCUT2D eigenvalue weighted by atomic mass is 9.94. The summed E-state index contributed by atoms with van der Waals surface area (Å²) in [6.07, 6.45) is 3.20. The van der Waals surface area contributed by atoms with Crippen molar-refractivity contribution in [1.82, 2.24) is 4.90 Å². The van der Waals surface area contributed by atoms with Crippen molar-refractivity contribution in [3.05, 3.63) is 28.0 Å². The molecule has 2 aliphatic heterocycles. The predicted octanol–water partition coefficient (Wildman–Crippen LogP) is 2.51. The fraction of sp³-hybridized carbons (Fsp3) is 0.400. The average Bonchev–Trinajstić information content (AvgIpc) is 3.13. The number of nitriles is 1. The summed E-state index contributed by atoms with van der Waals surface area (Å²) in [7, 11) is 1.64. The van der Waals surface area contributed by atoms with Crippen molar-refractivity contribution in [3.8, 4) is 6.07 Å². The van der Waals surface area contributed by atoms with Gasteiger partial charge in [0.05, 0.1) is 17.7 Å². The highest BCUT2D eigenvalue weighted by atomic mass is 32.2. The Morgan fingerprint density at radius 3 is 3.00 bits per heavy atom. The Balaban J connectivity index is 1.88. The summed E-state index contributed by atoms with van der Waals surface area (Å²) in [5.74, 6) is 0.233. The molecule has 2 aliphatic rings. The molecule has 1 unspecified atom stereocenters. The molecule has 7 heteroatoms. The number of hydrogen-bond donors (Lipinski definition) is 1. The number of carbonyl (C=O) groups excluding carboxylic acids is 1. The van der Waals surface area contributed by atoms with Gasteiger partial charge in [0.2, 0.25) is 5.91 Å². The van der Waals surface area contributed by atoms with Crippen molar-refractivity contribution < 1.29 is 4.79 Å². The van der Waals surface area contributed by atoms with Crippen LogP contribution in [0.15, 0.2) is 22.5 Å². The van der Waals surface area contributed by atoms with E-state index >= 15 is 0 Å². The molecule has 3 heterocycles.